The first kappa shape index (κ1) is 23.3. The summed E-state index contributed by atoms with van der Waals surface area (Å²) in [6.45, 7) is 4.16. The minimum absolute atomic E-state index is 0.125. The Balaban J connectivity index is 1.29. The Bertz CT molecular complexity index is 1060. The number of benzene rings is 2. The molecular weight excluding hydrogens is 448 g/mol. The van der Waals surface area contributed by atoms with Gasteiger partial charge in [-0.1, -0.05) is 0 Å². The third-order valence-electron chi connectivity index (χ3n) is 5.63. The monoisotopic (exact) mass is 476 g/mol. The molecule has 2 heterocycles. The molecule has 4 rings (SSSR count). The van der Waals surface area contributed by atoms with Crippen molar-refractivity contribution in [1.82, 2.24) is 4.31 Å². The molecule has 10 heteroatoms. The minimum atomic E-state index is -3.63. The van der Waals surface area contributed by atoms with Crippen molar-refractivity contribution in [2.24, 2.45) is 5.92 Å². The molecule has 1 saturated heterocycles. The number of hydrogen-bond donors (Lipinski definition) is 1. The van der Waals surface area contributed by atoms with Crippen LogP contribution < -0.4 is 19.5 Å². The van der Waals surface area contributed by atoms with E-state index in [0.29, 0.717) is 55.6 Å². The Labute approximate surface area is 193 Å². The number of ether oxygens (including phenoxy) is 4. The molecule has 9 nitrogen and oxygen atoms in total. The summed E-state index contributed by atoms with van der Waals surface area (Å²) in [6.07, 6.45) is 0.905. The average Bonchev–Trinajstić information content (AvgIpc) is 3.30. The van der Waals surface area contributed by atoms with Crippen molar-refractivity contribution in [2.45, 2.75) is 24.7 Å². The molecule has 33 heavy (non-hydrogen) atoms. The molecule has 1 fully saturated rings. The Morgan fingerprint density at radius 2 is 1.79 bits per heavy atom. The standard InChI is InChI=1S/C23H28N2O7S/c1-2-29-13-14-30-19-4-6-20(7-5-19)33(27,28)25-11-9-17(10-12-25)23(26)24-18-3-8-21-22(15-18)32-16-31-21/h3-8,15,17H,2,9-14,16H2,1H3,(H,24,26). The highest BCUT2D eigenvalue weighted by Crippen LogP contribution is 2.34. The molecule has 0 aromatic heterocycles. The topological polar surface area (TPSA) is 103 Å². The van der Waals surface area contributed by atoms with E-state index in [4.69, 9.17) is 18.9 Å². The van der Waals surface area contributed by atoms with Crippen LogP contribution in [0.5, 0.6) is 17.2 Å². The highest BCUT2D eigenvalue weighted by atomic mass is 32.2. The zero-order valence-corrected chi connectivity index (χ0v) is 19.3. The zero-order valence-electron chi connectivity index (χ0n) is 18.5. The number of carbonyl (C=O) groups is 1. The fraction of sp³-hybridized carbons (Fsp3) is 0.435. The lowest BCUT2D eigenvalue weighted by Gasteiger charge is -2.30. The van der Waals surface area contributed by atoms with Crippen LogP contribution in [0, 0.1) is 5.92 Å². The summed E-state index contributed by atoms with van der Waals surface area (Å²) in [6, 6.07) is 11.6. The molecular formula is C23H28N2O7S. The maximum Gasteiger partial charge on any atom is 0.243 e. The number of nitrogens with one attached hydrogen (secondary N) is 1. The Morgan fingerprint density at radius 3 is 2.52 bits per heavy atom. The molecule has 2 aromatic carbocycles. The quantitative estimate of drug-likeness (QED) is 0.555. The van der Waals surface area contributed by atoms with Gasteiger partial charge in [0.1, 0.15) is 12.4 Å². The lowest BCUT2D eigenvalue weighted by molar-refractivity contribution is -0.120. The molecule has 0 unspecified atom stereocenters. The molecule has 0 radical (unpaired) electrons. The molecule has 2 aromatic rings. The van der Waals surface area contributed by atoms with Crippen LogP contribution in [0.25, 0.3) is 0 Å². The fourth-order valence-corrected chi connectivity index (χ4v) is 5.27. The van der Waals surface area contributed by atoms with Crippen molar-refractivity contribution >= 4 is 21.6 Å². The first-order chi connectivity index (χ1) is 16.0. The fourth-order valence-electron chi connectivity index (χ4n) is 3.80. The second-order valence-electron chi connectivity index (χ2n) is 7.75. The van der Waals surface area contributed by atoms with Crippen molar-refractivity contribution in [2.75, 3.05) is 45.0 Å². The van der Waals surface area contributed by atoms with Crippen molar-refractivity contribution in [3.63, 3.8) is 0 Å². The van der Waals surface area contributed by atoms with Crippen LogP contribution in [0.15, 0.2) is 47.4 Å². The summed E-state index contributed by atoms with van der Waals surface area (Å²) in [5, 5.41) is 2.89. The summed E-state index contributed by atoms with van der Waals surface area (Å²) < 4.78 is 48.8. The molecule has 178 valence electrons. The predicted molar refractivity (Wildman–Crippen MR) is 121 cm³/mol. The minimum Gasteiger partial charge on any atom is -0.491 e. The van der Waals surface area contributed by atoms with Crippen molar-refractivity contribution in [1.29, 1.82) is 0 Å². The normalized spacial score (nSPS) is 16.5. The number of nitrogens with zero attached hydrogens (tertiary/aromatic N) is 1. The Morgan fingerprint density at radius 1 is 1.06 bits per heavy atom. The number of piperidine rings is 1. The molecule has 0 aliphatic carbocycles. The smallest absolute Gasteiger partial charge is 0.243 e. The van der Waals surface area contributed by atoms with E-state index in [1.807, 2.05) is 6.92 Å². The van der Waals surface area contributed by atoms with Crippen LogP contribution in [-0.4, -0.2) is 58.3 Å². The highest BCUT2D eigenvalue weighted by Gasteiger charge is 2.32. The number of sulfonamides is 1. The number of fused-ring (bicyclic) bond motifs is 1. The van der Waals surface area contributed by atoms with Gasteiger partial charge < -0.3 is 24.3 Å². The van der Waals surface area contributed by atoms with Crippen LogP contribution in [-0.2, 0) is 19.6 Å². The van der Waals surface area contributed by atoms with Gasteiger partial charge in [0.2, 0.25) is 22.7 Å². The highest BCUT2D eigenvalue weighted by molar-refractivity contribution is 7.89. The zero-order chi connectivity index (χ0) is 23.3. The van der Waals surface area contributed by atoms with Crippen LogP contribution in [0.2, 0.25) is 0 Å². The van der Waals surface area contributed by atoms with E-state index in [0.717, 1.165) is 0 Å². The van der Waals surface area contributed by atoms with Crippen LogP contribution in [0.4, 0.5) is 5.69 Å². The second-order valence-corrected chi connectivity index (χ2v) is 9.69. The van der Waals surface area contributed by atoms with E-state index < -0.39 is 10.0 Å². The third-order valence-corrected chi connectivity index (χ3v) is 7.54. The molecule has 0 spiro atoms. The van der Waals surface area contributed by atoms with Crippen molar-refractivity contribution < 1.29 is 32.2 Å². The number of carbonyl (C=O) groups excluding carboxylic acids is 1. The summed E-state index contributed by atoms with van der Waals surface area (Å²) in [4.78, 5) is 12.9. The summed E-state index contributed by atoms with van der Waals surface area (Å²) in [5.74, 6) is 1.45. The van der Waals surface area contributed by atoms with Gasteiger partial charge >= 0.3 is 0 Å². The molecule has 1 N–H and O–H groups in total. The van der Waals surface area contributed by atoms with E-state index in [1.165, 1.54) is 4.31 Å². The number of hydrogen-bond acceptors (Lipinski definition) is 7. The van der Waals surface area contributed by atoms with Crippen molar-refractivity contribution in [3.8, 4) is 17.2 Å². The van der Waals surface area contributed by atoms with Gasteiger partial charge in [0.15, 0.2) is 11.5 Å². The summed E-state index contributed by atoms with van der Waals surface area (Å²) in [7, 11) is -3.63. The second kappa shape index (κ2) is 10.4. The predicted octanol–water partition coefficient (Wildman–Crippen LogP) is 2.87. The summed E-state index contributed by atoms with van der Waals surface area (Å²) in [5.41, 5.74) is 0.628. The largest absolute Gasteiger partial charge is 0.491 e. The van der Waals surface area contributed by atoms with Crippen LogP contribution in [0.3, 0.4) is 0 Å². The molecule has 2 aliphatic rings. The van der Waals surface area contributed by atoms with Crippen LogP contribution in [0.1, 0.15) is 19.8 Å². The van der Waals surface area contributed by atoms with Gasteiger partial charge in [-0.25, -0.2) is 8.42 Å². The van der Waals surface area contributed by atoms with Gasteiger partial charge in [-0.05, 0) is 56.2 Å². The van der Waals surface area contributed by atoms with Crippen molar-refractivity contribution in [3.05, 3.63) is 42.5 Å². The van der Waals surface area contributed by atoms with Gasteiger partial charge in [0, 0.05) is 37.4 Å². The molecule has 0 saturated carbocycles. The van der Waals surface area contributed by atoms with Gasteiger partial charge in [-0.3, -0.25) is 4.79 Å². The first-order valence-corrected chi connectivity index (χ1v) is 12.4. The number of rotatable bonds is 9. The van der Waals surface area contributed by atoms with E-state index in [1.54, 1.807) is 42.5 Å². The first-order valence-electron chi connectivity index (χ1n) is 11.0. The van der Waals surface area contributed by atoms with Gasteiger partial charge in [0.25, 0.3) is 0 Å². The van der Waals surface area contributed by atoms with E-state index in [-0.39, 0.29) is 36.6 Å². The number of anilines is 1. The molecule has 0 atom stereocenters. The molecule has 1 amide bonds. The molecule has 2 aliphatic heterocycles. The lowest BCUT2D eigenvalue weighted by Crippen LogP contribution is -2.41. The maximum absolute atomic E-state index is 13.0. The van der Waals surface area contributed by atoms with Gasteiger partial charge in [0.05, 0.1) is 11.5 Å². The Hall–Kier alpha value is -2.82. The van der Waals surface area contributed by atoms with E-state index in [9.17, 15) is 13.2 Å². The summed E-state index contributed by atoms with van der Waals surface area (Å²) >= 11 is 0. The van der Waals surface area contributed by atoms with E-state index >= 15 is 0 Å². The van der Waals surface area contributed by atoms with E-state index in [2.05, 4.69) is 5.32 Å². The third kappa shape index (κ3) is 5.58. The average molecular weight is 477 g/mol. The Kier molecular flexibility index (Phi) is 7.36. The van der Waals surface area contributed by atoms with Crippen LogP contribution >= 0.6 is 0 Å². The molecule has 0 bridgehead atoms. The van der Waals surface area contributed by atoms with Gasteiger partial charge in [-0.15, -0.1) is 0 Å². The maximum atomic E-state index is 13.0. The SMILES string of the molecule is CCOCCOc1ccc(S(=O)(=O)N2CCC(C(=O)Nc3ccc4c(c3)OCO4)CC2)cc1. The lowest BCUT2D eigenvalue weighted by atomic mass is 9.97. The van der Waals surface area contributed by atoms with Gasteiger partial charge in [-0.2, -0.15) is 4.31 Å². The number of amides is 1.